The Morgan fingerprint density at radius 1 is 1.04 bits per heavy atom. The fourth-order valence-corrected chi connectivity index (χ4v) is 2.74. The number of carbonyl (C=O) groups excluding carboxylic acids is 1. The maximum atomic E-state index is 12.8. The summed E-state index contributed by atoms with van der Waals surface area (Å²) in [5, 5.41) is 0. The summed E-state index contributed by atoms with van der Waals surface area (Å²) in [7, 11) is 3.24. The average molecular weight is 393 g/mol. The maximum Gasteiger partial charge on any atom is 0.225 e. The molecule has 0 bridgehead atoms. The van der Waals surface area contributed by atoms with E-state index in [0.29, 0.717) is 26.1 Å². The molecule has 1 unspecified atom stereocenters. The van der Waals surface area contributed by atoms with E-state index >= 15 is 0 Å². The molecule has 1 atom stereocenters. The highest BCUT2D eigenvalue weighted by Gasteiger charge is 2.18. The Morgan fingerprint density at radius 2 is 1.70 bits per heavy atom. The summed E-state index contributed by atoms with van der Waals surface area (Å²) in [4.78, 5) is 14.6. The van der Waals surface area contributed by atoms with Gasteiger partial charge in [0.1, 0.15) is 5.75 Å². The molecule has 148 valence electrons. The predicted molar refractivity (Wildman–Crippen MR) is 110 cm³/mol. The molecule has 0 radical (unpaired) electrons. The molecule has 0 spiro atoms. The van der Waals surface area contributed by atoms with E-state index in [-0.39, 0.29) is 24.4 Å². The first-order valence-electron chi connectivity index (χ1n) is 8.83. The Morgan fingerprint density at radius 3 is 2.26 bits per heavy atom. The van der Waals surface area contributed by atoms with Crippen molar-refractivity contribution in [2.45, 2.75) is 25.5 Å². The standard InChI is InChI=1S/C21H28N2O3.ClH/c1-25-19-10-8-17(9-11-19)12-13-23(16-18-6-4-3-5-7-18)21(24)14-20(15-22)26-2;/h3-11,20H,12-16,22H2,1-2H3;1H. The van der Waals surface area contributed by atoms with E-state index in [1.165, 1.54) is 5.56 Å². The van der Waals surface area contributed by atoms with Gasteiger partial charge in [0.05, 0.1) is 19.6 Å². The first kappa shape index (κ1) is 23.0. The summed E-state index contributed by atoms with van der Waals surface area (Å²) in [5.74, 6) is 0.886. The van der Waals surface area contributed by atoms with E-state index in [1.807, 2.05) is 59.5 Å². The second-order valence-electron chi connectivity index (χ2n) is 6.20. The molecule has 2 aromatic carbocycles. The molecule has 0 saturated carbocycles. The minimum atomic E-state index is -0.248. The van der Waals surface area contributed by atoms with E-state index in [0.717, 1.165) is 17.7 Å². The fraction of sp³-hybridized carbons (Fsp3) is 0.381. The van der Waals surface area contributed by atoms with Crippen molar-refractivity contribution in [3.05, 3.63) is 65.7 Å². The van der Waals surface area contributed by atoms with Gasteiger partial charge >= 0.3 is 0 Å². The van der Waals surface area contributed by atoms with Crippen LogP contribution in [0, 0.1) is 0 Å². The van der Waals surface area contributed by atoms with Gasteiger partial charge < -0.3 is 20.1 Å². The molecule has 0 saturated heterocycles. The quantitative estimate of drug-likeness (QED) is 0.674. The van der Waals surface area contributed by atoms with E-state index in [9.17, 15) is 4.79 Å². The van der Waals surface area contributed by atoms with Crippen molar-refractivity contribution in [3.8, 4) is 5.75 Å². The van der Waals surface area contributed by atoms with Gasteiger partial charge in [-0.05, 0) is 29.7 Å². The third-order valence-corrected chi connectivity index (χ3v) is 4.40. The van der Waals surface area contributed by atoms with Crippen LogP contribution in [0.5, 0.6) is 5.75 Å². The van der Waals surface area contributed by atoms with E-state index in [4.69, 9.17) is 15.2 Å². The minimum absolute atomic E-state index is 0. The van der Waals surface area contributed by atoms with Crippen LogP contribution in [0.15, 0.2) is 54.6 Å². The Bertz CT molecular complexity index is 661. The van der Waals surface area contributed by atoms with Crippen molar-refractivity contribution >= 4 is 18.3 Å². The molecule has 0 aliphatic rings. The third kappa shape index (κ3) is 7.59. The summed E-state index contributed by atoms with van der Waals surface area (Å²) < 4.78 is 10.5. The molecule has 0 heterocycles. The van der Waals surface area contributed by atoms with Crippen molar-refractivity contribution in [2.75, 3.05) is 27.3 Å². The molecule has 2 aromatic rings. The molecule has 2 rings (SSSR count). The number of carbonyl (C=O) groups is 1. The number of halogens is 1. The van der Waals surface area contributed by atoms with Gasteiger partial charge in [0.2, 0.25) is 5.91 Å². The molecule has 0 aliphatic carbocycles. The Hall–Kier alpha value is -2.08. The second kappa shape index (κ2) is 12.3. The highest BCUT2D eigenvalue weighted by Crippen LogP contribution is 2.14. The van der Waals surface area contributed by atoms with E-state index < -0.39 is 0 Å². The summed E-state index contributed by atoms with van der Waals surface area (Å²) >= 11 is 0. The van der Waals surface area contributed by atoms with Crippen molar-refractivity contribution in [1.82, 2.24) is 4.90 Å². The molecule has 2 N–H and O–H groups in total. The first-order chi connectivity index (χ1) is 12.7. The topological polar surface area (TPSA) is 64.8 Å². The molecule has 0 aliphatic heterocycles. The van der Waals surface area contributed by atoms with Crippen LogP contribution in [0.2, 0.25) is 0 Å². The number of amides is 1. The van der Waals surface area contributed by atoms with Crippen LogP contribution in [0.1, 0.15) is 17.5 Å². The van der Waals surface area contributed by atoms with Gasteiger partial charge in [0.25, 0.3) is 0 Å². The second-order valence-corrected chi connectivity index (χ2v) is 6.20. The Kier molecular flexibility index (Phi) is 10.5. The smallest absolute Gasteiger partial charge is 0.225 e. The lowest BCUT2D eigenvalue weighted by atomic mass is 10.1. The predicted octanol–water partition coefficient (Wildman–Crippen LogP) is 3.05. The first-order valence-corrected chi connectivity index (χ1v) is 8.83. The van der Waals surface area contributed by atoms with Crippen LogP contribution >= 0.6 is 12.4 Å². The van der Waals surface area contributed by atoms with Crippen LogP contribution < -0.4 is 10.5 Å². The van der Waals surface area contributed by atoms with Crippen LogP contribution in [0.25, 0.3) is 0 Å². The van der Waals surface area contributed by atoms with Crippen molar-refractivity contribution in [2.24, 2.45) is 5.73 Å². The van der Waals surface area contributed by atoms with Crippen molar-refractivity contribution < 1.29 is 14.3 Å². The zero-order chi connectivity index (χ0) is 18.8. The fourth-order valence-electron chi connectivity index (χ4n) is 2.74. The summed E-state index contributed by atoms with van der Waals surface area (Å²) in [5.41, 5.74) is 7.94. The molecule has 1 amide bonds. The van der Waals surface area contributed by atoms with Gasteiger partial charge in [-0.2, -0.15) is 0 Å². The Labute approximate surface area is 167 Å². The molecule has 0 fully saturated rings. The maximum absolute atomic E-state index is 12.8. The van der Waals surface area contributed by atoms with Crippen LogP contribution in [-0.2, 0) is 22.5 Å². The highest BCUT2D eigenvalue weighted by atomic mass is 35.5. The molecule has 6 heteroatoms. The molecule has 27 heavy (non-hydrogen) atoms. The number of methoxy groups -OCH3 is 2. The molecule has 0 aromatic heterocycles. The van der Waals surface area contributed by atoms with Gasteiger partial charge in [-0.25, -0.2) is 0 Å². The monoisotopic (exact) mass is 392 g/mol. The van der Waals surface area contributed by atoms with Gasteiger partial charge in [-0.1, -0.05) is 42.5 Å². The SMILES string of the molecule is COc1ccc(CCN(Cc2ccccc2)C(=O)CC(CN)OC)cc1.Cl. The molecule has 5 nitrogen and oxygen atoms in total. The number of ether oxygens (including phenoxy) is 2. The van der Waals surface area contributed by atoms with Crippen LogP contribution in [0.3, 0.4) is 0 Å². The number of nitrogens with two attached hydrogens (primary N) is 1. The minimum Gasteiger partial charge on any atom is -0.497 e. The lowest BCUT2D eigenvalue weighted by Crippen LogP contribution is -2.37. The summed E-state index contributed by atoms with van der Waals surface area (Å²) in [6, 6.07) is 17.9. The Balaban J connectivity index is 0.00000364. The summed E-state index contributed by atoms with van der Waals surface area (Å²) in [6.07, 6.45) is 0.826. The van der Waals surface area contributed by atoms with Crippen molar-refractivity contribution in [3.63, 3.8) is 0 Å². The van der Waals surface area contributed by atoms with Gasteiger partial charge in [-0.15, -0.1) is 12.4 Å². The van der Waals surface area contributed by atoms with Gasteiger partial charge in [-0.3, -0.25) is 4.79 Å². The lowest BCUT2D eigenvalue weighted by molar-refractivity contribution is -0.134. The number of hydrogen-bond donors (Lipinski definition) is 1. The van der Waals surface area contributed by atoms with Crippen LogP contribution in [0.4, 0.5) is 0 Å². The zero-order valence-corrected chi connectivity index (χ0v) is 16.8. The normalized spacial score (nSPS) is 11.4. The average Bonchev–Trinajstić information content (AvgIpc) is 2.70. The van der Waals surface area contributed by atoms with Gasteiger partial charge in [0.15, 0.2) is 0 Å². The lowest BCUT2D eigenvalue weighted by Gasteiger charge is -2.25. The zero-order valence-electron chi connectivity index (χ0n) is 16.0. The van der Waals surface area contributed by atoms with E-state index in [1.54, 1.807) is 14.2 Å². The third-order valence-electron chi connectivity index (χ3n) is 4.40. The van der Waals surface area contributed by atoms with Crippen LogP contribution in [-0.4, -0.2) is 44.2 Å². The van der Waals surface area contributed by atoms with E-state index in [2.05, 4.69) is 0 Å². The van der Waals surface area contributed by atoms with Crippen molar-refractivity contribution in [1.29, 1.82) is 0 Å². The number of hydrogen-bond acceptors (Lipinski definition) is 4. The molecular formula is C21H29ClN2O3. The number of rotatable bonds is 10. The molecular weight excluding hydrogens is 364 g/mol. The highest BCUT2D eigenvalue weighted by molar-refractivity contribution is 5.85. The number of nitrogens with zero attached hydrogens (tertiary/aromatic N) is 1. The summed E-state index contributed by atoms with van der Waals surface area (Å²) in [6.45, 7) is 1.55. The van der Waals surface area contributed by atoms with Gasteiger partial charge in [0, 0.05) is 26.7 Å². The number of benzene rings is 2. The largest absolute Gasteiger partial charge is 0.497 e.